The summed E-state index contributed by atoms with van der Waals surface area (Å²) < 4.78 is 49.6. The molecule has 0 saturated carbocycles. The minimum Gasteiger partial charge on any atom is -0.467 e. The van der Waals surface area contributed by atoms with Gasteiger partial charge in [0.15, 0.2) is 23.1 Å². The maximum absolute atomic E-state index is 13.7. The highest BCUT2D eigenvalue weighted by molar-refractivity contribution is 5.80. The highest BCUT2D eigenvalue weighted by Gasteiger charge is 2.43. The third-order valence-electron chi connectivity index (χ3n) is 3.69. The highest BCUT2D eigenvalue weighted by Crippen LogP contribution is 2.30. The minimum absolute atomic E-state index is 0.206. The molecule has 2 heterocycles. The molecule has 0 atom stereocenters. The van der Waals surface area contributed by atoms with Crippen LogP contribution in [0.4, 0.5) is 19.0 Å². The van der Waals surface area contributed by atoms with Gasteiger partial charge in [-0.3, -0.25) is 0 Å². The van der Waals surface area contributed by atoms with Crippen molar-refractivity contribution in [2.24, 2.45) is 0 Å². The van der Waals surface area contributed by atoms with Crippen molar-refractivity contribution in [1.82, 2.24) is 4.98 Å². The summed E-state index contributed by atoms with van der Waals surface area (Å²) in [6.07, 6.45) is 0.465. The van der Waals surface area contributed by atoms with Crippen LogP contribution in [0.2, 0.25) is 0 Å². The lowest BCUT2D eigenvalue weighted by Gasteiger charge is -2.39. The van der Waals surface area contributed by atoms with Crippen LogP contribution in [-0.4, -0.2) is 43.9 Å². The molecule has 21 heavy (non-hydrogen) atoms. The van der Waals surface area contributed by atoms with Gasteiger partial charge < -0.3 is 14.4 Å². The van der Waals surface area contributed by atoms with Crippen molar-refractivity contribution in [3.8, 4) is 0 Å². The van der Waals surface area contributed by atoms with Crippen LogP contribution in [0, 0.1) is 17.6 Å². The summed E-state index contributed by atoms with van der Waals surface area (Å²) in [5.74, 6) is -4.43. The largest absolute Gasteiger partial charge is 0.467 e. The van der Waals surface area contributed by atoms with Crippen LogP contribution in [0.15, 0.2) is 6.07 Å². The van der Waals surface area contributed by atoms with Crippen molar-refractivity contribution in [1.29, 1.82) is 0 Å². The predicted octanol–water partition coefficient (Wildman–Crippen LogP) is 1.66. The molecule has 0 spiro atoms. The fraction of sp³-hybridized carbons (Fsp3) is 0.538. The Morgan fingerprint density at radius 3 is 2.38 bits per heavy atom. The molecule has 1 saturated heterocycles. The summed E-state index contributed by atoms with van der Waals surface area (Å²) in [6, 6.07) is 0.455. The molecule has 5 nitrogen and oxygen atoms in total. The second-order valence-corrected chi connectivity index (χ2v) is 4.74. The molecule has 1 aromatic heterocycles. The Kier molecular flexibility index (Phi) is 4.36. The van der Waals surface area contributed by atoms with Gasteiger partial charge in [0.2, 0.25) is 0 Å². The maximum Gasteiger partial charge on any atom is 0.338 e. The Morgan fingerprint density at radius 2 is 1.86 bits per heavy atom. The molecule has 0 aromatic carbocycles. The number of rotatable bonds is 3. The van der Waals surface area contributed by atoms with Gasteiger partial charge in [-0.1, -0.05) is 0 Å². The second kappa shape index (κ2) is 5.88. The molecule has 0 amide bonds. The van der Waals surface area contributed by atoms with Gasteiger partial charge in [0.25, 0.3) is 5.95 Å². The number of halogens is 3. The summed E-state index contributed by atoms with van der Waals surface area (Å²) in [4.78, 5) is 16.5. The van der Waals surface area contributed by atoms with Crippen molar-refractivity contribution < 1.29 is 27.4 Å². The van der Waals surface area contributed by atoms with Gasteiger partial charge in [-0.2, -0.15) is 9.37 Å². The van der Waals surface area contributed by atoms with E-state index >= 15 is 0 Å². The van der Waals surface area contributed by atoms with Crippen molar-refractivity contribution in [2.75, 3.05) is 32.2 Å². The number of hydrogen-bond donors (Lipinski definition) is 0. The molecule has 1 aromatic rings. The molecule has 8 heteroatoms. The fourth-order valence-corrected chi connectivity index (χ4v) is 2.41. The third-order valence-corrected chi connectivity index (χ3v) is 3.69. The number of nitrogens with zero attached hydrogens (tertiary/aromatic N) is 2. The van der Waals surface area contributed by atoms with E-state index in [1.807, 2.05) is 0 Å². The lowest BCUT2D eigenvalue weighted by molar-refractivity contribution is -0.168. The number of methoxy groups -OCH3 is 2. The smallest absolute Gasteiger partial charge is 0.338 e. The van der Waals surface area contributed by atoms with E-state index in [0.29, 0.717) is 6.07 Å². The van der Waals surface area contributed by atoms with E-state index in [0.717, 1.165) is 0 Å². The molecule has 2 rings (SSSR count). The monoisotopic (exact) mass is 304 g/mol. The van der Waals surface area contributed by atoms with E-state index in [1.165, 1.54) is 19.1 Å². The molecular weight excluding hydrogens is 289 g/mol. The number of hydrogen-bond acceptors (Lipinski definition) is 5. The first-order valence-electron chi connectivity index (χ1n) is 6.33. The van der Waals surface area contributed by atoms with Crippen molar-refractivity contribution in [3.05, 3.63) is 23.6 Å². The third kappa shape index (κ3) is 2.80. The first-order valence-corrected chi connectivity index (χ1v) is 6.33. The quantitative estimate of drug-likeness (QED) is 0.628. The van der Waals surface area contributed by atoms with E-state index in [-0.39, 0.29) is 31.7 Å². The molecule has 1 fully saturated rings. The Morgan fingerprint density at radius 1 is 1.24 bits per heavy atom. The minimum atomic E-state index is -1.36. The fourth-order valence-electron chi connectivity index (χ4n) is 2.41. The van der Waals surface area contributed by atoms with Gasteiger partial charge in [-0.05, 0) is 0 Å². The summed E-state index contributed by atoms with van der Waals surface area (Å²) in [7, 11) is 2.65. The number of esters is 1. The van der Waals surface area contributed by atoms with Gasteiger partial charge in [-0.15, -0.1) is 0 Å². The standard InChI is InChI=1S/C13H15F3N2O3/c1-20-12(19)13(21-2)3-5-18(6-4-13)11-9(15)7-8(14)10(16)17-11/h7H,3-6H2,1-2H3. The van der Waals surface area contributed by atoms with Crippen molar-refractivity contribution >= 4 is 11.8 Å². The van der Waals surface area contributed by atoms with Crippen LogP contribution >= 0.6 is 0 Å². The highest BCUT2D eigenvalue weighted by atomic mass is 19.2. The topological polar surface area (TPSA) is 51.7 Å². The normalized spacial score (nSPS) is 17.7. The van der Waals surface area contributed by atoms with E-state index in [1.54, 1.807) is 0 Å². The summed E-state index contributed by atoms with van der Waals surface area (Å²) in [5.41, 5.74) is -1.10. The SMILES string of the molecule is COC(=O)C1(OC)CCN(c2nc(F)c(F)cc2F)CC1. The van der Waals surface area contributed by atoms with Crippen molar-refractivity contribution in [2.45, 2.75) is 18.4 Å². The number of anilines is 1. The van der Waals surface area contributed by atoms with Crippen LogP contribution in [0.3, 0.4) is 0 Å². The number of piperidine rings is 1. The molecule has 0 bridgehead atoms. The zero-order valence-electron chi connectivity index (χ0n) is 11.7. The van der Waals surface area contributed by atoms with Crippen molar-refractivity contribution in [3.63, 3.8) is 0 Å². The number of carbonyl (C=O) groups excluding carboxylic acids is 1. The summed E-state index contributed by atoms with van der Waals surface area (Å²) in [6.45, 7) is 0.413. The molecule has 0 N–H and O–H groups in total. The predicted molar refractivity (Wildman–Crippen MR) is 67.3 cm³/mol. The number of aromatic nitrogens is 1. The first kappa shape index (κ1) is 15.6. The van der Waals surface area contributed by atoms with Crippen LogP contribution in [0.25, 0.3) is 0 Å². The van der Waals surface area contributed by atoms with E-state index < -0.39 is 29.2 Å². The maximum atomic E-state index is 13.7. The second-order valence-electron chi connectivity index (χ2n) is 4.74. The molecule has 0 radical (unpaired) electrons. The number of ether oxygens (including phenoxy) is 2. The number of carbonyl (C=O) groups is 1. The lowest BCUT2D eigenvalue weighted by Crippen LogP contribution is -2.51. The number of pyridine rings is 1. The molecule has 116 valence electrons. The van der Waals surface area contributed by atoms with E-state index in [2.05, 4.69) is 4.98 Å². The van der Waals surface area contributed by atoms with Crippen LogP contribution in [-0.2, 0) is 14.3 Å². The van der Waals surface area contributed by atoms with Crippen LogP contribution in [0.1, 0.15) is 12.8 Å². The Labute approximate surface area is 119 Å². The molecule has 0 aliphatic carbocycles. The molecule has 1 aliphatic rings. The molecule has 1 aliphatic heterocycles. The first-order chi connectivity index (χ1) is 9.93. The lowest BCUT2D eigenvalue weighted by atomic mass is 9.91. The average Bonchev–Trinajstić information content (AvgIpc) is 2.50. The zero-order valence-corrected chi connectivity index (χ0v) is 11.7. The van der Waals surface area contributed by atoms with Crippen LogP contribution < -0.4 is 4.90 Å². The summed E-state index contributed by atoms with van der Waals surface area (Å²) in [5, 5.41) is 0. The zero-order chi connectivity index (χ0) is 15.6. The van der Waals surface area contributed by atoms with Gasteiger partial charge in [-0.25, -0.2) is 13.6 Å². The Hall–Kier alpha value is -1.83. The Balaban J connectivity index is 2.18. The van der Waals surface area contributed by atoms with Gasteiger partial charge in [0.1, 0.15) is 0 Å². The van der Waals surface area contributed by atoms with Gasteiger partial charge in [0.05, 0.1) is 7.11 Å². The van der Waals surface area contributed by atoms with Gasteiger partial charge in [0, 0.05) is 39.1 Å². The van der Waals surface area contributed by atoms with E-state index in [9.17, 15) is 18.0 Å². The van der Waals surface area contributed by atoms with E-state index in [4.69, 9.17) is 9.47 Å². The molecular formula is C13H15F3N2O3. The van der Waals surface area contributed by atoms with Crippen LogP contribution in [0.5, 0.6) is 0 Å². The molecule has 0 unspecified atom stereocenters. The average molecular weight is 304 g/mol. The Bertz CT molecular complexity index is 546. The van der Waals surface area contributed by atoms with Gasteiger partial charge >= 0.3 is 5.97 Å². The summed E-state index contributed by atoms with van der Waals surface area (Å²) >= 11 is 0.